The van der Waals surface area contributed by atoms with Crippen molar-refractivity contribution in [2.75, 3.05) is 0 Å². The summed E-state index contributed by atoms with van der Waals surface area (Å²) in [6, 6.07) is 11.4. The van der Waals surface area contributed by atoms with Crippen LogP contribution < -0.4 is 11.1 Å². The molecule has 5 nitrogen and oxygen atoms in total. The fraction of sp³-hybridized carbons (Fsp3) is 0.176. The molecule has 0 aliphatic heterocycles. The second kappa shape index (κ2) is 6.48. The third-order valence-corrected chi connectivity index (χ3v) is 3.53. The van der Waals surface area contributed by atoms with Crippen LogP contribution in [0.25, 0.3) is 11.1 Å². The number of nitrogens with one attached hydrogen (secondary N) is 2. The number of hydrogen-bond acceptors (Lipinski definition) is 3. The first kappa shape index (κ1) is 15.0. The Balaban J connectivity index is 1.53. The molecule has 23 heavy (non-hydrogen) atoms. The summed E-state index contributed by atoms with van der Waals surface area (Å²) in [6.45, 7) is 0.354. The average Bonchev–Trinajstić information content (AvgIpc) is 2.91. The first-order valence-corrected chi connectivity index (χ1v) is 7.23. The Morgan fingerprint density at radius 3 is 2.65 bits per heavy atom. The number of aromatic amines is 1. The van der Waals surface area contributed by atoms with E-state index in [4.69, 9.17) is 4.42 Å². The summed E-state index contributed by atoms with van der Waals surface area (Å²) >= 11 is 0. The molecule has 0 radical (unpaired) electrons. The number of hydrogen-bond donors (Lipinski definition) is 2. The first-order valence-electron chi connectivity index (χ1n) is 7.23. The van der Waals surface area contributed by atoms with Crippen LogP contribution in [0.5, 0.6) is 0 Å². The molecule has 1 amide bonds. The fourth-order valence-electron chi connectivity index (χ4n) is 2.30. The number of amides is 1. The van der Waals surface area contributed by atoms with Crippen molar-refractivity contribution in [1.82, 2.24) is 10.3 Å². The smallest absolute Gasteiger partial charge is 0.408 e. The second-order valence-corrected chi connectivity index (χ2v) is 5.25. The lowest BCUT2D eigenvalue weighted by Crippen LogP contribution is -2.22. The fourth-order valence-corrected chi connectivity index (χ4v) is 2.30. The molecule has 0 saturated heterocycles. The third kappa shape index (κ3) is 3.85. The summed E-state index contributed by atoms with van der Waals surface area (Å²) in [5, 5.41) is 2.81. The maximum Gasteiger partial charge on any atom is 0.417 e. The monoisotopic (exact) mass is 314 g/mol. The van der Waals surface area contributed by atoms with Crippen molar-refractivity contribution in [3.63, 3.8) is 0 Å². The van der Waals surface area contributed by atoms with Gasteiger partial charge in [0.2, 0.25) is 5.91 Å². The zero-order chi connectivity index (χ0) is 16.2. The Kier molecular flexibility index (Phi) is 4.23. The summed E-state index contributed by atoms with van der Waals surface area (Å²) in [4.78, 5) is 25.5. The van der Waals surface area contributed by atoms with Gasteiger partial charge >= 0.3 is 5.76 Å². The van der Waals surface area contributed by atoms with Crippen LogP contribution >= 0.6 is 0 Å². The van der Waals surface area contributed by atoms with Gasteiger partial charge in [0.05, 0.1) is 5.52 Å². The van der Waals surface area contributed by atoms with Gasteiger partial charge in [-0.2, -0.15) is 0 Å². The molecule has 2 N–H and O–H groups in total. The van der Waals surface area contributed by atoms with E-state index in [0.717, 1.165) is 11.1 Å². The Morgan fingerprint density at radius 1 is 1.13 bits per heavy atom. The van der Waals surface area contributed by atoms with E-state index in [1.165, 1.54) is 12.1 Å². The molecule has 0 spiro atoms. The van der Waals surface area contributed by atoms with Crippen LogP contribution in [0.4, 0.5) is 4.39 Å². The largest absolute Gasteiger partial charge is 0.417 e. The molecule has 0 bridgehead atoms. The summed E-state index contributed by atoms with van der Waals surface area (Å²) in [6.07, 6.45) is 0.880. The van der Waals surface area contributed by atoms with Crippen molar-refractivity contribution in [3.8, 4) is 0 Å². The van der Waals surface area contributed by atoms with Crippen molar-refractivity contribution >= 4 is 17.0 Å². The van der Waals surface area contributed by atoms with Gasteiger partial charge in [-0.3, -0.25) is 9.78 Å². The Hall–Kier alpha value is -2.89. The molecule has 0 aliphatic rings. The molecule has 6 heteroatoms. The SMILES string of the molecule is O=C(CCc1ccc(F)cc1)NCc1ccc2[nH]c(=O)oc2c1. The molecular formula is C17H15FN2O3. The maximum atomic E-state index is 12.8. The number of aromatic nitrogens is 1. The van der Waals surface area contributed by atoms with Crippen LogP contribution in [-0.4, -0.2) is 10.9 Å². The third-order valence-electron chi connectivity index (χ3n) is 3.53. The highest BCUT2D eigenvalue weighted by Gasteiger charge is 2.05. The molecule has 118 valence electrons. The number of aryl methyl sites for hydroxylation is 1. The van der Waals surface area contributed by atoms with Gasteiger partial charge < -0.3 is 9.73 Å². The number of carbonyl (C=O) groups excluding carboxylic acids is 1. The Morgan fingerprint density at radius 2 is 1.87 bits per heavy atom. The number of carbonyl (C=O) groups is 1. The van der Waals surface area contributed by atoms with E-state index in [-0.39, 0.29) is 11.7 Å². The van der Waals surface area contributed by atoms with Crippen LogP contribution in [-0.2, 0) is 17.8 Å². The predicted octanol–water partition coefficient (Wildman–Crippen LogP) is 2.51. The van der Waals surface area contributed by atoms with Gasteiger partial charge in [-0.05, 0) is 41.8 Å². The lowest BCUT2D eigenvalue weighted by atomic mass is 10.1. The topological polar surface area (TPSA) is 75.1 Å². The van der Waals surface area contributed by atoms with E-state index in [2.05, 4.69) is 10.3 Å². The minimum atomic E-state index is -0.500. The van der Waals surface area contributed by atoms with Crippen molar-refractivity contribution < 1.29 is 13.6 Å². The van der Waals surface area contributed by atoms with Crippen LogP contribution in [0.2, 0.25) is 0 Å². The first-order chi connectivity index (χ1) is 11.1. The number of halogens is 1. The number of oxazole rings is 1. The van der Waals surface area contributed by atoms with Crippen LogP contribution in [0, 0.1) is 5.82 Å². The standard InChI is InChI=1S/C17H15FN2O3/c18-13-5-1-11(2-6-13)4-8-16(21)19-10-12-3-7-14-15(9-12)23-17(22)20-14/h1-3,5-7,9H,4,8,10H2,(H,19,21)(H,20,22). The molecule has 0 saturated carbocycles. The molecule has 3 aromatic rings. The lowest BCUT2D eigenvalue weighted by molar-refractivity contribution is -0.121. The quantitative estimate of drug-likeness (QED) is 0.760. The molecule has 0 aliphatic carbocycles. The average molecular weight is 314 g/mol. The van der Waals surface area contributed by atoms with Gasteiger partial charge in [0.15, 0.2) is 5.58 Å². The van der Waals surface area contributed by atoms with E-state index in [1.54, 1.807) is 24.3 Å². The van der Waals surface area contributed by atoms with Gasteiger partial charge in [-0.15, -0.1) is 0 Å². The second-order valence-electron chi connectivity index (χ2n) is 5.25. The highest BCUT2D eigenvalue weighted by atomic mass is 19.1. The van der Waals surface area contributed by atoms with E-state index < -0.39 is 5.76 Å². The van der Waals surface area contributed by atoms with Crippen molar-refractivity contribution in [3.05, 3.63) is 70.0 Å². The highest BCUT2D eigenvalue weighted by molar-refractivity contribution is 5.76. The van der Waals surface area contributed by atoms with Gasteiger partial charge in [0.1, 0.15) is 5.82 Å². The van der Waals surface area contributed by atoms with E-state index in [0.29, 0.717) is 30.5 Å². The van der Waals surface area contributed by atoms with E-state index >= 15 is 0 Å². The van der Waals surface area contributed by atoms with Crippen molar-refractivity contribution in [1.29, 1.82) is 0 Å². The Labute approximate surface area is 131 Å². The van der Waals surface area contributed by atoms with E-state index in [9.17, 15) is 14.0 Å². The summed E-state index contributed by atoms with van der Waals surface area (Å²) in [5.41, 5.74) is 2.85. The summed E-state index contributed by atoms with van der Waals surface area (Å²) in [7, 11) is 0. The molecule has 2 aromatic carbocycles. The molecule has 3 rings (SSSR count). The van der Waals surface area contributed by atoms with Gasteiger partial charge in [-0.1, -0.05) is 18.2 Å². The highest BCUT2D eigenvalue weighted by Crippen LogP contribution is 2.12. The number of fused-ring (bicyclic) bond motifs is 1. The molecule has 0 unspecified atom stereocenters. The molecule has 1 heterocycles. The Bertz CT molecular complexity index is 881. The number of benzene rings is 2. The predicted molar refractivity (Wildman–Crippen MR) is 83.4 cm³/mol. The van der Waals surface area contributed by atoms with Crippen LogP contribution in [0.1, 0.15) is 17.5 Å². The van der Waals surface area contributed by atoms with E-state index in [1.807, 2.05) is 6.07 Å². The zero-order valence-corrected chi connectivity index (χ0v) is 12.3. The number of H-pyrrole nitrogens is 1. The van der Waals surface area contributed by atoms with Gasteiger partial charge in [0.25, 0.3) is 0 Å². The number of rotatable bonds is 5. The van der Waals surface area contributed by atoms with Crippen LogP contribution in [0.15, 0.2) is 51.7 Å². The zero-order valence-electron chi connectivity index (χ0n) is 12.3. The molecule has 0 fully saturated rings. The molecule has 0 atom stereocenters. The summed E-state index contributed by atoms with van der Waals surface area (Å²) in [5.74, 6) is -0.879. The van der Waals surface area contributed by atoms with Crippen molar-refractivity contribution in [2.24, 2.45) is 0 Å². The molecule has 1 aromatic heterocycles. The maximum absolute atomic E-state index is 12.8. The molecular weight excluding hydrogens is 299 g/mol. The van der Waals surface area contributed by atoms with Gasteiger partial charge in [0, 0.05) is 13.0 Å². The lowest BCUT2D eigenvalue weighted by Gasteiger charge is -2.05. The van der Waals surface area contributed by atoms with Crippen molar-refractivity contribution in [2.45, 2.75) is 19.4 Å². The minimum absolute atomic E-state index is 0.0926. The normalized spacial score (nSPS) is 10.8. The summed E-state index contributed by atoms with van der Waals surface area (Å²) < 4.78 is 17.8. The minimum Gasteiger partial charge on any atom is -0.408 e. The van der Waals surface area contributed by atoms with Crippen LogP contribution in [0.3, 0.4) is 0 Å². The van der Waals surface area contributed by atoms with Gasteiger partial charge in [-0.25, -0.2) is 9.18 Å².